The highest BCUT2D eigenvalue weighted by Gasteiger charge is 2.40. The molecule has 26 heavy (non-hydrogen) atoms. The van der Waals surface area contributed by atoms with E-state index in [9.17, 15) is 9.59 Å². The van der Waals surface area contributed by atoms with E-state index in [1.165, 1.54) is 12.8 Å². The van der Waals surface area contributed by atoms with Gasteiger partial charge in [-0.15, -0.1) is 0 Å². The Hall–Kier alpha value is -1.75. The molecule has 1 aromatic carbocycles. The minimum atomic E-state index is -0.152. The van der Waals surface area contributed by atoms with Crippen LogP contribution in [0, 0.1) is 5.92 Å². The molecular weight excluding hydrogens is 350 g/mol. The number of carbonyl (C=O) groups excluding carboxylic acids is 2. The highest BCUT2D eigenvalue weighted by molar-refractivity contribution is 6.30. The average Bonchev–Trinajstić information content (AvgIpc) is 3.31. The number of hydrogen-bond acceptors (Lipinski definition) is 3. The first-order valence-electron chi connectivity index (χ1n) is 9.70. The number of anilines is 1. The van der Waals surface area contributed by atoms with Gasteiger partial charge >= 0.3 is 0 Å². The van der Waals surface area contributed by atoms with E-state index in [2.05, 4.69) is 11.0 Å². The quantitative estimate of drug-likeness (QED) is 0.816. The van der Waals surface area contributed by atoms with E-state index in [1.54, 1.807) is 0 Å². The Labute approximate surface area is 159 Å². The molecule has 3 fully saturated rings. The molecule has 0 N–H and O–H groups in total. The lowest BCUT2D eigenvalue weighted by molar-refractivity contribution is -0.136. The van der Waals surface area contributed by atoms with E-state index in [0.29, 0.717) is 32.1 Å². The lowest BCUT2D eigenvalue weighted by Gasteiger charge is -2.37. The predicted octanol–water partition coefficient (Wildman–Crippen LogP) is 2.78. The van der Waals surface area contributed by atoms with Gasteiger partial charge in [0, 0.05) is 55.9 Å². The molecule has 2 saturated heterocycles. The van der Waals surface area contributed by atoms with Gasteiger partial charge in [0.2, 0.25) is 11.8 Å². The van der Waals surface area contributed by atoms with Crippen LogP contribution in [0.15, 0.2) is 24.3 Å². The fraction of sp³-hybridized carbons (Fsp3) is 0.600. The second-order valence-corrected chi connectivity index (χ2v) is 8.11. The lowest BCUT2D eigenvalue weighted by atomic mass is 10.1. The van der Waals surface area contributed by atoms with Crippen LogP contribution in [0.5, 0.6) is 0 Å². The zero-order valence-electron chi connectivity index (χ0n) is 15.1. The summed E-state index contributed by atoms with van der Waals surface area (Å²) >= 11 is 6.08. The Bertz CT molecular complexity index is 681. The average molecular weight is 376 g/mol. The van der Waals surface area contributed by atoms with Crippen molar-refractivity contribution in [3.8, 4) is 0 Å². The smallest absolute Gasteiger partial charge is 0.228 e. The van der Waals surface area contributed by atoms with Crippen molar-refractivity contribution in [1.29, 1.82) is 0 Å². The number of piperazine rings is 1. The number of amides is 2. The Kier molecular flexibility index (Phi) is 5.07. The summed E-state index contributed by atoms with van der Waals surface area (Å²) in [7, 11) is 0. The van der Waals surface area contributed by atoms with Crippen LogP contribution < -0.4 is 4.90 Å². The van der Waals surface area contributed by atoms with Crippen molar-refractivity contribution in [3.63, 3.8) is 0 Å². The van der Waals surface area contributed by atoms with Gasteiger partial charge in [-0.2, -0.15) is 0 Å². The first kappa shape index (κ1) is 17.7. The van der Waals surface area contributed by atoms with E-state index >= 15 is 0 Å². The van der Waals surface area contributed by atoms with Crippen LogP contribution in [-0.4, -0.2) is 60.4 Å². The SMILES string of the molecule is O=C([C@H]1CC(=O)N(C2CCCC2)C1)N1CCN(c2cccc(Cl)c2)CC1. The van der Waals surface area contributed by atoms with E-state index in [-0.39, 0.29) is 17.7 Å². The van der Waals surface area contributed by atoms with Gasteiger partial charge in [-0.1, -0.05) is 30.5 Å². The van der Waals surface area contributed by atoms with Gasteiger partial charge in [-0.05, 0) is 31.0 Å². The predicted molar refractivity (Wildman–Crippen MR) is 102 cm³/mol. The van der Waals surface area contributed by atoms with Gasteiger partial charge in [0.1, 0.15) is 0 Å². The standard InChI is InChI=1S/C20H26ClN3O2/c21-16-4-3-7-18(13-16)22-8-10-23(11-9-22)20(26)15-12-19(25)24(14-15)17-5-1-2-6-17/h3-4,7,13,15,17H,1-2,5-6,8-12,14H2/t15-/m0/s1. The monoisotopic (exact) mass is 375 g/mol. The molecule has 0 unspecified atom stereocenters. The van der Waals surface area contributed by atoms with E-state index < -0.39 is 0 Å². The minimum absolute atomic E-state index is 0.152. The molecule has 0 bridgehead atoms. The number of halogens is 1. The number of nitrogens with zero attached hydrogens (tertiary/aromatic N) is 3. The summed E-state index contributed by atoms with van der Waals surface area (Å²) in [6.07, 6.45) is 5.01. The second-order valence-electron chi connectivity index (χ2n) is 7.68. The number of benzene rings is 1. The van der Waals surface area contributed by atoms with Crippen LogP contribution in [0.1, 0.15) is 32.1 Å². The topological polar surface area (TPSA) is 43.9 Å². The highest BCUT2D eigenvalue weighted by Crippen LogP contribution is 2.30. The molecule has 2 amide bonds. The molecular formula is C20H26ClN3O2. The van der Waals surface area contributed by atoms with Crippen LogP contribution in [0.3, 0.4) is 0 Å². The van der Waals surface area contributed by atoms with Crippen molar-refractivity contribution in [3.05, 3.63) is 29.3 Å². The summed E-state index contributed by atoms with van der Waals surface area (Å²) in [4.78, 5) is 31.5. The third kappa shape index (κ3) is 3.54. The molecule has 1 aromatic rings. The molecule has 0 aromatic heterocycles. The van der Waals surface area contributed by atoms with Gasteiger partial charge in [-0.25, -0.2) is 0 Å². The van der Waals surface area contributed by atoms with Crippen LogP contribution >= 0.6 is 11.6 Å². The summed E-state index contributed by atoms with van der Waals surface area (Å²) in [5.41, 5.74) is 1.10. The zero-order chi connectivity index (χ0) is 18.1. The largest absolute Gasteiger partial charge is 0.368 e. The molecule has 3 aliphatic rings. The van der Waals surface area contributed by atoms with Gasteiger partial charge in [0.25, 0.3) is 0 Å². The van der Waals surface area contributed by atoms with Gasteiger partial charge in [0.05, 0.1) is 5.92 Å². The number of rotatable bonds is 3. The highest BCUT2D eigenvalue weighted by atomic mass is 35.5. The normalized spacial score (nSPS) is 24.6. The van der Waals surface area contributed by atoms with Gasteiger partial charge in [-0.3, -0.25) is 9.59 Å². The van der Waals surface area contributed by atoms with Gasteiger partial charge < -0.3 is 14.7 Å². The van der Waals surface area contributed by atoms with E-state index in [0.717, 1.165) is 36.6 Å². The van der Waals surface area contributed by atoms with Crippen molar-refractivity contribution >= 4 is 29.1 Å². The zero-order valence-corrected chi connectivity index (χ0v) is 15.8. The molecule has 5 nitrogen and oxygen atoms in total. The molecule has 2 heterocycles. The molecule has 0 radical (unpaired) electrons. The van der Waals surface area contributed by atoms with Crippen molar-refractivity contribution in [2.24, 2.45) is 5.92 Å². The fourth-order valence-electron chi connectivity index (χ4n) is 4.58. The summed E-state index contributed by atoms with van der Waals surface area (Å²) in [5, 5.41) is 0.734. The third-order valence-corrected chi connectivity index (χ3v) is 6.27. The van der Waals surface area contributed by atoms with Crippen molar-refractivity contribution in [1.82, 2.24) is 9.80 Å². The summed E-state index contributed by atoms with van der Waals surface area (Å²) in [5.74, 6) is 0.179. The van der Waals surface area contributed by atoms with Crippen molar-refractivity contribution in [2.75, 3.05) is 37.6 Å². The van der Waals surface area contributed by atoms with Crippen LogP contribution in [0.25, 0.3) is 0 Å². The maximum Gasteiger partial charge on any atom is 0.228 e. The number of hydrogen-bond donors (Lipinski definition) is 0. The van der Waals surface area contributed by atoms with Crippen LogP contribution in [-0.2, 0) is 9.59 Å². The van der Waals surface area contributed by atoms with Crippen molar-refractivity contribution < 1.29 is 9.59 Å². The van der Waals surface area contributed by atoms with E-state index in [4.69, 9.17) is 11.6 Å². The summed E-state index contributed by atoms with van der Waals surface area (Å²) < 4.78 is 0. The molecule has 0 spiro atoms. The summed E-state index contributed by atoms with van der Waals surface area (Å²) in [6.45, 7) is 3.65. The molecule has 4 rings (SSSR count). The van der Waals surface area contributed by atoms with Crippen LogP contribution in [0.4, 0.5) is 5.69 Å². The van der Waals surface area contributed by atoms with E-state index in [1.807, 2.05) is 28.0 Å². The molecule has 1 saturated carbocycles. The fourth-order valence-corrected chi connectivity index (χ4v) is 4.77. The maximum absolute atomic E-state index is 12.9. The molecule has 6 heteroatoms. The molecule has 1 atom stereocenters. The Morgan fingerprint density at radius 1 is 1.08 bits per heavy atom. The first-order valence-corrected chi connectivity index (χ1v) is 10.1. The lowest BCUT2D eigenvalue weighted by Crippen LogP contribution is -2.50. The van der Waals surface area contributed by atoms with Crippen LogP contribution in [0.2, 0.25) is 5.02 Å². The minimum Gasteiger partial charge on any atom is -0.368 e. The summed E-state index contributed by atoms with van der Waals surface area (Å²) in [6, 6.07) is 8.22. The molecule has 140 valence electrons. The van der Waals surface area contributed by atoms with Gasteiger partial charge in [0.15, 0.2) is 0 Å². The number of carbonyl (C=O) groups is 2. The first-order chi connectivity index (χ1) is 12.6. The molecule has 1 aliphatic carbocycles. The second kappa shape index (κ2) is 7.47. The molecule has 2 aliphatic heterocycles. The van der Waals surface area contributed by atoms with Crippen molar-refractivity contribution in [2.45, 2.75) is 38.1 Å². The third-order valence-electron chi connectivity index (χ3n) is 6.04. The number of likely N-dealkylation sites (tertiary alicyclic amines) is 1. The Morgan fingerprint density at radius 2 is 1.81 bits per heavy atom. The Morgan fingerprint density at radius 3 is 2.50 bits per heavy atom. The Balaban J connectivity index is 1.33. The maximum atomic E-state index is 12.9.